The molecule has 0 saturated heterocycles. The van der Waals surface area contributed by atoms with Crippen LogP contribution in [0.5, 0.6) is 0 Å². The zero-order chi connectivity index (χ0) is 20.6. The number of hydrogen-bond acceptors (Lipinski definition) is 4. The highest BCUT2D eigenvalue weighted by atomic mass is 79.9. The van der Waals surface area contributed by atoms with Crippen LogP contribution in [-0.2, 0) is 17.8 Å². The van der Waals surface area contributed by atoms with Gasteiger partial charge in [-0.25, -0.2) is 0 Å². The number of aliphatic hydroxyl groups is 1. The van der Waals surface area contributed by atoms with Gasteiger partial charge in [0.2, 0.25) is 5.91 Å². The van der Waals surface area contributed by atoms with Crippen LogP contribution < -0.4 is 5.32 Å². The van der Waals surface area contributed by atoms with Gasteiger partial charge in [0, 0.05) is 18.8 Å². The van der Waals surface area contributed by atoms with E-state index in [9.17, 15) is 14.7 Å². The minimum atomic E-state index is -0.350. The Labute approximate surface area is 177 Å². The molecule has 0 spiro atoms. The van der Waals surface area contributed by atoms with Crippen LogP contribution >= 0.6 is 15.9 Å². The van der Waals surface area contributed by atoms with Crippen molar-refractivity contribution < 1.29 is 19.1 Å². The summed E-state index contributed by atoms with van der Waals surface area (Å²) in [6.45, 7) is 0.639. The molecule has 29 heavy (non-hydrogen) atoms. The van der Waals surface area contributed by atoms with Crippen molar-refractivity contribution in [2.45, 2.75) is 13.0 Å². The van der Waals surface area contributed by atoms with Gasteiger partial charge in [-0.15, -0.1) is 0 Å². The molecule has 0 fully saturated rings. The quantitative estimate of drug-likeness (QED) is 0.538. The minimum absolute atomic E-state index is 0.0693. The summed E-state index contributed by atoms with van der Waals surface area (Å²) in [5.74, 6) is -0.215. The molecular weight excluding hydrogens is 436 g/mol. The Kier molecular flexibility index (Phi) is 7.21. The average molecular weight is 457 g/mol. The molecule has 3 aromatic rings. The molecular formula is C22H21BrN2O4. The van der Waals surface area contributed by atoms with Crippen molar-refractivity contribution in [2.75, 3.05) is 18.5 Å². The summed E-state index contributed by atoms with van der Waals surface area (Å²) in [6.07, 6.45) is 0.214. The number of amides is 2. The number of furan rings is 1. The maximum Gasteiger partial charge on any atom is 0.291 e. The van der Waals surface area contributed by atoms with Crippen LogP contribution in [0.2, 0.25) is 0 Å². The lowest BCUT2D eigenvalue weighted by atomic mass is 10.1. The molecule has 3 rings (SSSR count). The molecule has 150 valence electrons. The van der Waals surface area contributed by atoms with E-state index in [1.807, 2.05) is 30.3 Å². The monoisotopic (exact) mass is 456 g/mol. The first-order valence-corrected chi connectivity index (χ1v) is 9.92. The van der Waals surface area contributed by atoms with Crippen LogP contribution in [0.25, 0.3) is 0 Å². The van der Waals surface area contributed by atoms with Crippen LogP contribution in [-0.4, -0.2) is 35.0 Å². The summed E-state index contributed by atoms with van der Waals surface area (Å²) in [4.78, 5) is 26.4. The van der Waals surface area contributed by atoms with Crippen molar-refractivity contribution in [3.8, 4) is 0 Å². The van der Waals surface area contributed by atoms with E-state index in [2.05, 4.69) is 21.2 Å². The molecule has 0 aliphatic rings. The third-order valence-corrected chi connectivity index (χ3v) is 4.73. The molecule has 0 radical (unpaired) electrons. The molecule has 0 bridgehead atoms. The number of carbonyl (C=O) groups excluding carboxylic acids is 2. The minimum Gasteiger partial charge on any atom is -0.444 e. The number of anilines is 1. The smallest absolute Gasteiger partial charge is 0.291 e. The van der Waals surface area contributed by atoms with E-state index in [4.69, 9.17) is 4.42 Å². The van der Waals surface area contributed by atoms with Gasteiger partial charge >= 0.3 is 0 Å². The Balaban J connectivity index is 1.60. The van der Waals surface area contributed by atoms with E-state index < -0.39 is 0 Å². The maximum absolute atomic E-state index is 12.7. The molecule has 2 amide bonds. The van der Waals surface area contributed by atoms with Crippen LogP contribution in [0.4, 0.5) is 5.69 Å². The average Bonchev–Trinajstić information content (AvgIpc) is 3.16. The van der Waals surface area contributed by atoms with Crippen LogP contribution in [0.15, 0.2) is 75.8 Å². The highest BCUT2D eigenvalue weighted by Gasteiger charge is 2.15. The summed E-state index contributed by atoms with van der Waals surface area (Å²) in [6, 6.07) is 20.0. The molecule has 0 unspecified atom stereocenters. The first kappa shape index (κ1) is 20.8. The van der Waals surface area contributed by atoms with Crippen LogP contribution in [0.1, 0.15) is 21.7 Å². The van der Waals surface area contributed by atoms with Gasteiger partial charge in [0.05, 0.1) is 13.0 Å². The lowest BCUT2D eigenvalue weighted by Gasteiger charge is -2.22. The number of rotatable bonds is 8. The maximum atomic E-state index is 12.7. The lowest BCUT2D eigenvalue weighted by Crippen LogP contribution is -2.34. The number of hydrogen-bond donors (Lipinski definition) is 2. The van der Waals surface area contributed by atoms with Gasteiger partial charge in [0.25, 0.3) is 5.91 Å². The molecule has 0 saturated carbocycles. The molecule has 1 aromatic heterocycles. The Hall–Kier alpha value is -2.90. The largest absolute Gasteiger partial charge is 0.444 e. The van der Waals surface area contributed by atoms with E-state index in [-0.39, 0.29) is 37.1 Å². The second kappa shape index (κ2) is 10.0. The van der Waals surface area contributed by atoms with E-state index in [1.54, 1.807) is 41.3 Å². The van der Waals surface area contributed by atoms with Gasteiger partial charge in [-0.3, -0.25) is 9.59 Å². The van der Waals surface area contributed by atoms with Crippen molar-refractivity contribution in [1.82, 2.24) is 4.90 Å². The number of aliphatic hydroxyl groups excluding tert-OH is 1. The van der Waals surface area contributed by atoms with Crippen molar-refractivity contribution >= 4 is 33.4 Å². The summed E-state index contributed by atoms with van der Waals surface area (Å²) in [5, 5.41) is 12.0. The zero-order valence-corrected chi connectivity index (χ0v) is 17.3. The summed E-state index contributed by atoms with van der Waals surface area (Å²) >= 11 is 3.16. The molecule has 2 N–H and O–H groups in total. The van der Waals surface area contributed by atoms with Gasteiger partial charge in [-0.2, -0.15) is 0 Å². The standard InChI is InChI=1S/C22H21BrN2O4/c23-20-11-10-19(29-20)22(28)24-18-8-6-16(7-9-18)14-21(27)25(12-13-26)15-17-4-2-1-3-5-17/h1-11,26H,12-15H2,(H,24,28). The Bertz CT molecular complexity index is 954. The second-order valence-electron chi connectivity index (χ2n) is 6.46. The fourth-order valence-corrected chi connectivity index (χ4v) is 3.14. The van der Waals surface area contributed by atoms with Crippen molar-refractivity contribution in [3.05, 3.63) is 88.3 Å². The normalized spacial score (nSPS) is 10.6. The predicted molar refractivity (Wildman–Crippen MR) is 113 cm³/mol. The number of nitrogens with one attached hydrogen (secondary N) is 1. The van der Waals surface area contributed by atoms with E-state index in [0.29, 0.717) is 16.9 Å². The number of benzene rings is 2. The fraction of sp³-hybridized carbons (Fsp3) is 0.182. The summed E-state index contributed by atoms with van der Waals surface area (Å²) in [7, 11) is 0. The first-order valence-electron chi connectivity index (χ1n) is 9.13. The van der Waals surface area contributed by atoms with E-state index in [0.717, 1.165) is 11.1 Å². The highest BCUT2D eigenvalue weighted by molar-refractivity contribution is 9.10. The Morgan fingerprint density at radius 1 is 0.966 bits per heavy atom. The Morgan fingerprint density at radius 2 is 1.69 bits per heavy atom. The zero-order valence-electron chi connectivity index (χ0n) is 15.7. The van der Waals surface area contributed by atoms with Crippen molar-refractivity contribution in [3.63, 3.8) is 0 Å². The molecule has 2 aromatic carbocycles. The first-order chi connectivity index (χ1) is 14.0. The van der Waals surface area contributed by atoms with Gasteiger partial charge in [0.15, 0.2) is 10.4 Å². The highest BCUT2D eigenvalue weighted by Crippen LogP contribution is 2.17. The SMILES string of the molecule is O=C(Nc1ccc(CC(=O)N(CCO)Cc2ccccc2)cc1)c1ccc(Br)o1. The van der Waals surface area contributed by atoms with Gasteiger partial charge in [0.1, 0.15) is 0 Å². The molecule has 0 aliphatic carbocycles. The van der Waals surface area contributed by atoms with E-state index >= 15 is 0 Å². The number of carbonyl (C=O) groups is 2. The number of nitrogens with zero attached hydrogens (tertiary/aromatic N) is 1. The topological polar surface area (TPSA) is 82.8 Å². The Morgan fingerprint density at radius 3 is 2.31 bits per heavy atom. The fourth-order valence-electron chi connectivity index (χ4n) is 2.84. The van der Waals surface area contributed by atoms with Crippen molar-refractivity contribution in [2.24, 2.45) is 0 Å². The van der Waals surface area contributed by atoms with Crippen molar-refractivity contribution in [1.29, 1.82) is 0 Å². The van der Waals surface area contributed by atoms with Gasteiger partial charge in [-0.1, -0.05) is 42.5 Å². The molecule has 1 heterocycles. The molecule has 6 nitrogen and oxygen atoms in total. The van der Waals surface area contributed by atoms with Gasteiger partial charge in [-0.05, 0) is 51.3 Å². The third-order valence-electron chi connectivity index (χ3n) is 4.30. The molecule has 7 heteroatoms. The molecule has 0 aliphatic heterocycles. The summed E-state index contributed by atoms with van der Waals surface area (Å²) in [5.41, 5.74) is 2.44. The second-order valence-corrected chi connectivity index (χ2v) is 7.24. The van der Waals surface area contributed by atoms with E-state index in [1.165, 1.54) is 0 Å². The molecule has 0 atom stereocenters. The lowest BCUT2D eigenvalue weighted by molar-refractivity contribution is -0.131. The number of halogens is 1. The van der Waals surface area contributed by atoms with Gasteiger partial charge < -0.3 is 19.7 Å². The predicted octanol–water partition coefficient (Wildman–Crippen LogP) is 3.86. The summed E-state index contributed by atoms with van der Waals surface area (Å²) < 4.78 is 5.71. The van der Waals surface area contributed by atoms with Crippen LogP contribution in [0, 0.1) is 0 Å². The van der Waals surface area contributed by atoms with Crippen LogP contribution in [0.3, 0.4) is 0 Å². The third kappa shape index (κ3) is 6.04.